The minimum atomic E-state index is -4.57. The van der Waals surface area contributed by atoms with Gasteiger partial charge in [0.1, 0.15) is 0 Å². The summed E-state index contributed by atoms with van der Waals surface area (Å²) in [6.45, 7) is -1.69. The number of hydrogen-bond donors (Lipinski definition) is 1. The molecule has 2 rings (SSSR count). The molecule has 0 aliphatic carbocycles. The van der Waals surface area contributed by atoms with Crippen LogP contribution in [0.2, 0.25) is 0 Å². The summed E-state index contributed by atoms with van der Waals surface area (Å²) in [6.07, 6.45) is -9.07. The Balaban J connectivity index is 2.32. The zero-order chi connectivity index (χ0) is 18.0. The first kappa shape index (κ1) is 18.0. The smallest absolute Gasteiger partial charge is 0.422 e. The van der Waals surface area contributed by atoms with E-state index in [2.05, 4.69) is 14.7 Å². The molecule has 2 aromatic rings. The number of nitrogens with zero attached hydrogens (tertiary/aromatic N) is 2. The molecule has 0 fully saturated rings. The third-order valence-electron chi connectivity index (χ3n) is 2.84. The molecule has 1 aromatic heterocycles. The fraction of sp³-hybridized carbons (Fsp3) is 0.286. The van der Waals surface area contributed by atoms with Gasteiger partial charge in [0.25, 0.3) is 0 Å². The average Bonchev–Trinajstić information content (AvgIpc) is 2.51. The number of aromatic nitrogens is 2. The van der Waals surface area contributed by atoms with Crippen molar-refractivity contribution in [1.82, 2.24) is 9.97 Å². The molecule has 0 radical (unpaired) electrons. The minimum absolute atomic E-state index is 0.0987. The summed E-state index contributed by atoms with van der Waals surface area (Å²) in [5.41, 5.74) is 5.12. The van der Waals surface area contributed by atoms with Crippen molar-refractivity contribution in [3.63, 3.8) is 0 Å². The van der Waals surface area contributed by atoms with Crippen LogP contribution >= 0.6 is 0 Å². The summed E-state index contributed by atoms with van der Waals surface area (Å²) in [5, 5.41) is 0. The quantitative estimate of drug-likeness (QED) is 0.856. The van der Waals surface area contributed by atoms with Gasteiger partial charge in [-0.15, -0.1) is 0 Å². The van der Waals surface area contributed by atoms with Crippen LogP contribution < -0.4 is 10.5 Å². The first-order valence-corrected chi connectivity index (χ1v) is 6.54. The average molecular weight is 351 g/mol. The highest BCUT2D eigenvalue weighted by atomic mass is 19.4. The molecule has 0 amide bonds. The molecule has 2 N–H and O–H groups in total. The number of rotatable bonds is 4. The Morgan fingerprint density at radius 1 is 0.958 bits per heavy atom. The second-order valence-corrected chi connectivity index (χ2v) is 4.71. The van der Waals surface area contributed by atoms with Crippen molar-refractivity contribution in [3.05, 3.63) is 41.6 Å². The zero-order valence-corrected chi connectivity index (χ0v) is 11.9. The van der Waals surface area contributed by atoms with Crippen molar-refractivity contribution in [2.24, 2.45) is 5.73 Å². The van der Waals surface area contributed by atoms with Gasteiger partial charge in [0, 0.05) is 12.1 Å². The lowest BCUT2D eigenvalue weighted by molar-refractivity contribution is -0.154. The van der Waals surface area contributed by atoms with Crippen LogP contribution in [0.5, 0.6) is 6.01 Å². The topological polar surface area (TPSA) is 61.0 Å². The van der Waals surface area contributed by atoms with Crippen molar-refractivity contribution < 1.29 is 31.1 Å². The molecular weight excluding hydrogens is 340 g/mol. The van der Waals surface area contributed by atoms with Gasteiger partial charge in [0.15, 0.2) is 6.61 Å². The highest BCUT2D eigenvalue weighted by Gasteiger charge is 2.30. The van der Waals surface area contributed by atoms with Crippen LogP contribution in [0.1, 0.15) is 11.3 Å². The van der Waals surface area contributed by atoms with E-state index < -0.39 is 30.5 Å². The lowest BCUT2D eigenvalue weighted by Gasteiger charge is -2.11. The fourth-order valence-corrected chi connectivity index (χ4v) is 1.77. The number of nitrogens with two attached hydrogens (primary N) is 1. The molecule has 4 nitrogen and oxygen atoms in total. The van der Waals surface area contributed by atoms with E-state index in [1.807, 2.05) is 0 Å². The van der Waals surface area contributed by atoms with Gasteiger partial charge < -0.3 is 10.5 Å². The molecule has 0 atom stereocenters. The Morgan fingerprint density at radius 3 is 2.08 bits per heavy atom. The van der Waals surface area contributed by atoms with Crippen molar-refractivity contribution in [3.8, 4) is 17.3 Å². The lowest BCUT2D eigenvalue weighted by atomic mass is 10.1. The second-order valence-electron chi connectivity index (χ2n) is 4.71. The largest absolute Gasteiger partial charge is 0.454 e. The van der Waals surface area contributed by atoms with Crippen LogP contribution in [0.25, 0.3) is 11.3 Å². The van der Waals surface area contributed by atoms with Gasteiger partial charge in [0.05, 0.1) is 17.0 Å². The first-order valence-electron chi connectivity index (χ1n) is 6.54. The maximum absolute atomic E-state index is 12.5. The number of hydrogen-bond acceptors (Lipinski definition) is 4. The Morgan fingerprint density at radius 2 is 1.58 bits per heavy atom. The van der Waals surface area contributed by atoms with Crippen molar-refractivity contribution in [2.75, 3.05) is 6.61 Å². The Labute approximate surface area is 132 Å². The number of benzene rings is 1. The molecule has 0 aliphatic rings. The Bertz CT molecular complexity index is 697. The van der Waals surface area contributed by atoms with Crippen LogP contribution in [-0.2, 0) is 12.7 Å². The molecule has 0 saturated carbocycles. The van der Waals surface area contributed by atoms with E-state index in [0.29, 0.717) is 0 Å². The predicted octanol–water partition coefficient (Wildman–Crippen LogP) is 3.56. The van der Waals surface area contributed by atoms with E-state index in [1.54, 1.807) is 0 Å². The monoisotopic (exact) mass is 351 g/mol. The second kappa shape index (κ2) is 6.63. The number of halogens is 6. The molecule has 1 heterocycles. The summed E-state index contributed by atoms with van der Waals surface area (Å²) < 4.78 is 78.7. The van der Waals surface area contributed by atoms with Crippen LogP contribution in [0.15, 0.2) is 30.3 Å². The standard InChI is InChI=1S/C14H11F6N3O/c15-13(16,17)7-24-12-22-10(6-21)5-11(23-12)8-1-3-9(4-2-8)14(18,19)20/h1-5H,6-7,21H2. The van der Waals surface area contributed by atoms with Crippen LogP contribution in [0.4, 0.5) is 26.3 Å². The summed E-state index contributed by atoms with van der Waals surface area (Å²) in [6, 6.07) is 4.80. The summed E-state index contributed by atoms with van der Waals surface area (Å²) in [4.78, 5) is 7.48. The minimum Gasteiger partial charge on any atom is -0.454 e. The summed E-state index contributed by atoms with van der Waals surface area (Å²) >= 11 is 0. The van der Waals surface area contributed by atoms with Crippen LogP contribution in [0, 0.1) is 0 Å². The Kier molecular flexibility index (Phi) is 4.97. The number of alkyl halides is 6. The first-order chi connectivity index (χ1) is 11.1. The van der Waals surface area contributed by atoms with Gasteiger partial charge in [-0.2, -0.15) is 36.3 Å². The molecule has 0 unspecified atom stereocenters. The molecule has 1 aromatic carbocycles. The maximum atomic E-state index is 12.5. The third kappa shape index (κ3) is 4.82. The van der Waals surface area contributed by atoms with Gasteiger partial charge >= 0.3 is 18.4 Å². The molecule has 0 saturated heterocycles. The van der Waals surface area contributed by atoms with Crippen LogP contribution in [-0.4, -0.2) is 22.8 Å². The van der Waals surface area contributed by atoms with Crippen molar-refractivity contribution in [2.45, 2.75) is 18.9 Å². The van der Waals surface area contributed by atoms with E-state index in [1.165, 1.54) is 6.07 Å². The van der Waals surface area contributed by atoms with Crippen molar-refractivity contribution in [1.29, 1.82) is 0 Å². The van der Waals surface area contributed by atoms with Gasteiger partial charge in [-0.05, 0) is 18.2 Å². The predicted molar refractivity (Wildman–Crippen MR) is 71.9 cm³/mol. The number of ether oxygens (including phenoxy) is 1. The molecule has 10 heteroatoms. The summed E-state index contributed by atoms with van der Waals surface area (Å²) in [7, 11) is 0. The zero-order valence-electron chi connectivity index (χ0n) is 11.9. The molecule has 0 spiro atoms. The summed E-state index contributed by atoms with van der Waals surface area (Å²) in [5.74, 6) is 0. The highest BCUT2D eigenvalue weighted by molar-refractivity contribution is 5.60. The molecule has 0 bridgehead atoms. The third-order valence-corrected chi connectivity index (χ3v) is 2.84. The van der Waals surface area contributed by atoms with E-state index in [9.17, 15) is 26.3 Å². The fourth-order valence-electron chi connectivity index (χ4n) is 1.77. The molecule has 24 heavy (non-hydrogen) atoms. The SMILES string of the molecule is NCc1cc(-c2ccc(C(F)(F)F)cc2)nc(OCC(F)(F)F)n1. The molecule has 0 aliphatic heterocycles. The highest BCUT2D eigenvalue weighted by Crippen LogP contribution is 2.31. The van der Waals surface area contributed by atoms with Gasteiger partial charge in [-0.1, -0.05) is 12.1 Å². The van der Waals surface area contributed by atoms with Gasteiger partial charge in [-0.25, -0.2) is 0 Å². The Hall–Kier alpha value is -2.36. The van der Waals surface area contributed by atoms with Gasteiger partial charge in [0.2, 0.25) is 0 Å². The van der Waals surface area contributed by atoms with E-state index >= 15 is 0 Å². The molecule has 130 valence electrons. The van der Waals surface area contributed by atoms with E-state index in [-0.39, 0.29) is 23.5 Å². The maximum Gasteiger partial charge on any atom is 0.422 e. The molecular formula is C14H11F6N3O. The van der Waals surface area contributed by atoms with Gasteiger partial charge in [-0.3, -0.25) is 0 Å². The lowest BCUT2D eigenvalue weighted by Crippen LogP contribution is -2.20. The van der Waals surface area contributed by atoms with E-state index in [4.69, 9.17) is 5.73 Å². The van der Waals surface area contributed by atoms with Crippen LogP contribution in [0.3, 0.4) is 0 Å². The van der Waals surface area contributed by atoms with Crippen molar-refractivity contribution >= 4 is 0 Å². The normalized spacial score (nSPS) is 12.3. The van der Waals surface area contributed by atoms with E-state index in [0.717, 1.165) is 24.3 Å².